The van der Waals surface area contributed by atoms with E-state index in [1.54, 1.807) is 0 Å². The molecule has 2 nitrogen and oxygen atoms in total. The second kappa shape index (κ2) is 6.07. The zero-order valence-electron chi connectivity index (χ0n) is 17.7. The molecule has 148 valence electrons. The van der Waals surface area contributed by atoms with Crippen molar-refractivity contribution < 1.29 is 9.31 Å². The molecule has 0 N–H and O–H groups in total. The standard InChI is InChI=1S/C26H23BO2S/c1-25(2)26(3,4)29-27(28-25)20-9-10-23-22(15-20)21-13-18-11-16-7-5-6-8-17(16)12-19(18)14-24(21)30-23/h5-15H,1-4H3. The minimum absolute atomic E-state index is 0.333. The van der Waals surface area contributed by atoms with Gasteiger partial charge in [-0.15, -0.1) is 11.3 Å². The molecule has 0 spiro atoms. The van der Waals surface area contributed by atoms with Crippen LogP contribution >= 0.6 is 11.3 Å². The average molecular weight is 410 g/mol. The summed E-state index contributed by atoms with van der Waals surface area (Å²) in [7, 11) is -0.334. The van der Waals surface area contributed by atoms with E-state index in [2.05, 4.69) is 94.4 Å². The molecule has 1 aliphatic rings. The molecule has 0 aliphatic carbocycles. The fraction of sp³-hybridized carbons (Fsp3) is 0.231. The Hall–Kier alpha value is -2.40. The summed E-state index contributed by atoms with van der Waals surface area (Å²) in [4.78, 5) is 0. The maximum Gasteiger partial charge on any atom is 0.494 e. The van der Waals surface area contributed by atoms with Gasteiger partial charge in [0.1, 0.15) is 0 Å². The smallest absolute Gasteiger partial charge is 0.399 e. The molecule has 5 aromatic rings. The fourth-order valence-corrected chi connectivity index (χ4v) is 5.47. The summed E-state index contributed by atoms with van der Waals surface area (Å²) in [6.07, 6.45) is 0. The third kappa shape index (κ3) is 2.64. The Balaban J connectivity index is 1.53. The minimum atomic E-state index is -0.334. The molecule has 1 aromatic heterocycles. The van der Waals surface area contributed by atoms with Crippen LogP contribution in [0.5, 0.6) is 0 Å². The van der Waals surface area contributed by atoms with Gasteiger partial charge in [0.25, 0.3) is 0 Å². The number of rotatable bonds is 1. The number of hydrogen-bond acceptors (Lipinski definition) is 3. The van der Waals surface area contributed by atoms with E-state index in [-0.39, 0.29) is 18.3 Å². The van der Waals surface area contributed by atoms with E-state index in [9.17, 15) is 0 Å². The first kappa shape index (κ1) is 18.4. The molecular formula is C26H23BO2S. The van der Waals surface area contributed by atoms with Crippen LogP contribution in [0.25, 0.3) is 41.7 Å². The Labute approximate surface area is 180 Å². The Bertz CT molecular complexity index is 1450. The summed E-state index contributed by atoms with van der Waals surface area (Å²) >= 11 is 1.85. The van der Waals surface area contributed by atoms with Gasteiger partial charge in [-0.1, -0.05) is 36.4 Å². The summed E-state index contributed by atoms with van der Waals surface area (Å²) < 4.78 is 15.2. The highest BCUT2D eigenvalue weighted by Crippen LogP contribution is 2.39. The second-order valence-corrected chi connectivity index (χ2v) is 10.4. The fourth-order valence-electron chi connectivity index (χ4n) is 4.36. The molecule has 0 unspecified atom stereocenters. The molecule has 4 aromatic carbocycles. The molecule has 0 atom stereocenters. The first-order chi connectivity index (χ1) is 14.3. The van der Waals surface area contributed by atoms with Gasteiger partial charge in [0, 0.05) is 14.8 Å². The first-order valence-electron chi connectivity index (χ1n) is 10.5. The van der Waals surface area contributed by atoms with Crippen molar-refractivity contribution >= 4 is 65.6 Å². The quantitative estimate of drug-likeness (QED) is 0.227. The van der Waals surface area contributed by atoms with Crippen molar-refractivity contribution in [2.45, 2.75) is 38.9 Å². The molecule has 0 radical (unpaired) electrons. The first-order valence-corrected chi connectivity index (χ1v) is 11.3. The monoisotopic (exact) mass is 410 g/mol. The van der Waals surface area contributed by atoms with E-state index in [1.165, 1.54) is 41.7 Å². The van der Waals surface area contributed by atoms with Crippen LogP contribution in [0.1, 0.15) is 27.7 Å². The molecule has 2 heterocycles. The Morgan fingerprint density at radius 1 is 0.633 bits per heavy atom. The van der Waals surface area contributed by atoms with Crippen molar-refractivity contribution in [2.24, 2.45) is 0 Å². The van der Waals surface area contributed by atoms with Crippen LogP contribution in [0.3, 0.4) is 0 Å². The molecule has 1 aliphatic heterocycles. The lowest BCUT2D eigenvalue weighted by atomic mass is 9.78. The van der Waals surface area contributed by atoms with Crippen molar-refractivity contribution in [3.8, 4) is 0 Å². The Morgan fingerprint density at radius 2 is 1.23 bits per heavy atom. The molecule has 1 saturated heterocycles. The van der Waals surface area contributed by atoms with Gasteiger partial charge in [-0.3, -0.25) is 0 Å². The maximum absolute atomic E-state index is 6.29. The number of thiophene rings is 1. The molecule has 0 saturated carbocycles. The van der Waals surface area contributed by atoms with Crippen molar-refractivity contribution in [1.29, 1.82) is 0 Å². The normalized spacial score (nSPS) is 18.2. The van der Waals surface area contributed by atoms with Crippen LogP contribution in [0.4, 0.5) is 0 Å². The van der Waals surface area contributed by atoms with E-state index in [0.717, 1.165) is 5.46 Å². The van der Waals surface area contributed by atoms with E-state index in [4.69, 9.17) is 9.31 Å². The summed E-state index contributed by atoms with van der Waals surface area (Å²) in [5, 5.41) is 7.71. The zero-order chi connectivity index (χ0) is 20.7. The lowest BCUT2D eigenvalue weighted by molar-refractivity contribution is 0.00578. The van der Waals surface area contributed by atoms with E-state index in [1.807, 2.05) is 11.3 Å². The average Bonchev–Trinajstić information content (AvgIpc) is 3.16. The molecule has 30 heavy (non-hydrogen) atoms. The number of benzene rings is 4. The Morgan fingerprint density at radius 3 is 1.90 bits per heavy atom. The van der Waals surface area contributed by atoms with Crippen LogP contribution in [0, 0.1) is 0 Å². The van der Waals surface area contributed by atoms with Crippen molar-refractivity contribution in [1.82, 2.24) is 0 Å². The summed E-state index contributed by atoms with van der Waals surface area (Å²) in [6, 6.07) is 24.4. The van der Waals surface area contributed by atoms with Crippen LogP contribution < -0.4 is 5.46 Å². The molecule has 6 rings (SSSR count). The maximum atomic E-state index is 6.29. The Kier molecular flexibility index (Phi) is 3.72. The van der Waals surface area contributed by atoms with Gasteiger partial charge < -0.3 is 9.31 Å². The second-order valence-electron chi connectivity index (χ2n) is 9.34. The van der Waals surface area contributed by atoms with Crippen LogP contribution in [-0.4, -0.2) is 18.3 Å². The minimum Gasteiger partial charge on any atom is -0.399 e. The van der Waals surface area contributed by atoms with Crippen LogP contribution in [0.2, 0.25) is 0 Å². The van der Waals surface area contributed by atoms with Crippen molar-refractivity contribution in [3.63, 3.8) is 0 Å². The van der Waals surface area contributed by atoms with Crippen molar-refractivity contribution in [3.05, 3.63) is 66.7 Å². The van der Waals surface area contributed by atoms with Gasteiger partial charge >= 0.3 is 7.12 Å². The lowest BCUT2D eigenvalue weighted by Crippen LogP contribution is -2.41. The number of hydrogen-bond donors (Lipinski definition) is 0. The summed E-state index contributed by atoms with van der Waals surface area (Å²) in [6.45, 7) is 8.40. The van der Waals surface area contributed by atoms with Gasteiger partial charge in [0.2, 0.25) is 0 Å². The van der Waals surface area contributed by atoms with Gasteiger partial charge in [-0.05, 0) is 90.4 Å². The third-order valence-electron chi connectivity index (χ3n) is 6.84. The van der Waals surface area contributed by atoms with Gasteiger partial charge in [-0.25, -0.2) is 0 Å². The highest BCUT2D eigenvalue weighted by molar-refractivity contribution is 7.25. The highest BCUT2D eigenvalue weighted by Gasteiger charge is 2.51. The SMILES string of the molecule is CC1(C)OB(c2ccc3sc4cc5cc6ccccc6cc5cc4c3c2)OC1(C)C. The zero-order valence-corrected chi connectivity index (χ0v) is 18.5. The molecular weight excluding hydrogens is 387 g/mol. The lowest BCUT2D eigenvalue weighted by Gasteiger charge is -2.32. The van der Waals surface area contributed by atoms with Crippen LogP contribution in [-0.2, 0) is 9.31 Å². The van der Waals surface area contributed by atoms with Gasteiger partial charge in [0.05, 0.1) is 11.2 Å². The van der Waals surface area contributed by atoms with Gasteiger partial charge in [0.15, 0.2) is 0 Å². The third-order valence-corrected chi connectivity index (χ3v) is 7.98. The summed E-state index contributed by atoms with van der Waals surface area (Å²) in [5.41, 5.74) is 0.417. The van der Waals surface area contributed by atoms with Gasteiger partial charge in [-0.2, -0.15) is 0 Å². The predicted molar refractivity (Wildman–Crippen MR) is 130 cm³/mol. The van der Waals surface area contributed by atoms with E-state index >= 15 is 0 Å². The highest BCUT2D eigenvalue weighted by atomic mass is 32.1. The van der Waals surface area contributed by atoms with E-state index in [0.29, 0.717) is 0 Å². The summed E-state index contributed by atoms with van der Waals surface area (Å²) in [5.74, 6) is 0. The largest absolute Gasteiger partial charge is 0.494 e. The molecule has 0 bridgehead atoms. The van der Waals surface area contributed by atoms with E-state index < -0.39 is 0 Å². The predicted octanol–water partition coefficient (Wildman–Crippen LogP) is 6.66. The topological polar surface area (TPSA) is 18.5 Å². The molecule has 1 fully saturated rings. The number of fused-ring (bicyclic) bond motifs is 5. The molecule has 0 amide bonds. The van der Waals surface area contributed by atoms with Crippen molar-refractivity contribution in [2.75, 3.05) is 0 Å². The molecule has 4 heteroatoms. The van der Waals surface area contributed by atoms with Crippen LogP contribution in [0.15, 0.2) is 66.7 Å².